The van der Waals surface area contributed by atoms with E-state index < -0.39 is 10.2 Å². The van der Waals surface area contributed by atoms with Crippen LogP contribution >= 0.6 is 0 Å². The number of morpholine rings is 1. The van der Waals surface area contributed by atoms with Crippen molar-refractivity contribution < 1.29 is 18.3 Å². The molecule has 2 aliphatic heterocycles. The maximum atomic E-state index is 12.2. The van der Waals surface area contributed by atoms with Gasteiger partial charge in [0.1, 0.15) is 0 Å². The van der Waals surface area contributed by atoms with Crippen molar-refractivity contribution in [2.24, 2.45) is 0 Å². The molecule has 6 nitrogen and oxygen atoms in total. The predicted molar refractivity (Wildman–Crippen MR) is 58.1 cm³/mol. The average molecular weight is 250 g/mol. The molecule has 7 heteroatoms. The van der Waals surface area contributed by atoms with Gasteiger partial charge in [-0.3, -0.25) is 0 Å². The number of aliphatic hydroxyl groups excluding tert-OH is 1. The first-order chi connectivity index (χ1) is 7.60. The lowest BCUT2D eigenvalue weighted by Crippen LogP contribution is -2.51. The van der Waals surface area contributed by atoms with Crippen LogP contribution in [0.15, 0.2) is 0 Å². The molecule has 94 valence electrons. The van der Waals surface area contributed by atoms with Crippen LogP contribution < -0.4 is 0 Å². The topological polar surface area (TPSA) is 70.1 Å². The molecular weight excluding hydrogens is 232 g/mol. The molecule has 0 aliphatic carbocycles. The molecule has 2 aliphatic rings. The minimum absolute atomic E-state index is 0.351. The summed E-state index contributed by atoms with van der Waals surface area (Å²) in [6.45, 7) is 2.63. The van der Waals surface area contributed by atoms with Crippen LogP contribution in [0.4, 0.5) is 0 Å². The van der Waals surface area contributed by atoms with Crippen LogP contribution in [0.2, 0.25) is 0 Å². The summed E-state index contributed by atoms with van der Waals surface area (Å²) in [6, 6.07) is 0. The Balaban J connectivity index is 2.00. The van der Waals surface area contributed by atoms with Gasteiger partial charge in [0.05, 0.1) is 19.3 Å². The summed E-state index contributed by atoms with van der Waals surface area (Å²) in [5.41, 5.74) is 0. The summed E-state index contributed by atoms with van der Waals surface area (Å²) in [4.78, 5) is 0. The molecule has 2 rings (SSSR count). The van der Waals surface area contributed by atoms with Gasteiger partial charge in [-0.05, 0) is 12.8 Å². The Morgan fingerprint density at radius 3 is 2.06 bits per heavy atom. The Morgan fingerprint density at radius 2 is 1.50 bits per heavy atom. The van der Waals surface area contributed by atoms with Gasteiger partial charge in [0, 0.05) is 26.2 Å². The molecule has 0 aromatic carbocycles. The second kappa shape index (κ2) is 4.97. The standard InChI is InChI=1S/C9H18N2O4S/c12-9-1-3-10(4-2-9)16(13,14)11-5-7-15-8-6-11/h9,12H,1-8H2. The van der Waals surface area contributed by atoms with Gasteiger partial charge in [0.15, 0.2) is 0 Å². The number of aliphatic hydroxyl groups is 1. The van der Waals surface area contributed by atoms with Crippen LogP contribution in [-0.4, -0.2) is 67.6 Å². The van der Waals surface area contributed by atoms with Crippen molar-refractivity contribution in [3.63, 3.8) is 0 Å². The summed E-state index contributed by atoms with van der Waals surface area (Å²) in [7, 11) is -3.33. The normalized spacial score (nSPS) is 27.1. The Bertz CT molecular complexity index is 318. The zero-order valence-corrected chi connectivity index (χ0v) is 10.0. The molecule has 2 fully saturated rings. The second-order valence-electron chi connectivity index (χ2n) is 4.15. The van der Waals surface area contributed by atoms with Gasteiger partial charge in [-0.2, -0.15) is 17.0 Å². The number of nitrogens with zero attached hydrogens (tertiary/aromatic N) is 2. The van der Waals surface area contributed by atoms with Crippen LogP contribution in [-0.2, 0) is 14.9 Å². The maximum Gasteiger partial charge on any atom is 0.282 e. The molecule has 1 N–H and O–H groups in total. The van der Waals surface area contributed by atoms with E-state index in [0.717, 1.165) is 0 Å². The first kappa shape index (κ1) is 12.3. The zero-order chi connectivity index (χ0) is 11.6. The molecule has 0 aromatic rings. The van der Waals surface area contributed by atoms with Crippen molar-refractivity contribution in [1.29, 1.82) is 0 Å². The van der Waals surface area contributed by atoms with Gasteiger partial charge in [-0.1, -0.05) is 0 Å². The zero-order valence-electron chi connectivity index (χ0n) is 9.21. The Kier molecular flexibility index (Phi) is 3.81. The SMILES string of the molecule is O=S(=O)(N1CCOCC1)N1CCC(O)CC1. The number of hydrogen-bond donors (Lipinski definition) is 1. The van der Waals surface area contributed by atoms with Crippen molar-refractivity contribution >= 4 is 10.2 Å². The van der Waals surface area contributed by atoms with Crippen molar-refractivity contribution in [2.45, 2.75) is 18.9 Å². The van der Waals surface area contributed by atoms with E-state index in [1.165, 1.54) is 8.61 Å². The highest BCUT2D eigenvalue weighted by Gasteiger charge is 2.33. The van der Waals surface area contributed by atoms with Gasteiger partial charge in [0.2, 0.25) is 0 Å². The largest absolute Gasteiger partial charge is 0.393 e. The van der Waals surface area contributed by atoms with Crippen LogP contribution in [0.25, 0.3) is 0 Å². The third-order valence-corrected chi connectivity index (χ3v) is 5.08. The number of hydrogen-bond acceptors (Lipinski definition) is 4. The van der Waals surface area contributed by atoms with Crippen LogP contribution in [0.1, 0.15) is 12.8 Å². The molecule has 0 atom stereocenters. The first-order valence-electron chi connectivity index (χ1n) is 5.62. The molecule has 0 spiro atoms. The quantitative estimate of drug-likeness (QED) is 0.684. The number of ether oxygens (including phenoxy) is 1. The van der Waals surface area contributed by atoms with E-state index in [4.69, 9.17) is 4.74 Å². The third kappa shape index (κ3) is 2.54. The summed E-state index contributed by atoms with van der Waals surface area (Å²) in [6.07, 6.45) is 0.712. The summed E-state index contributed by atoms with van der Waals surface area (Å²) < 4.78 is 32.4. The highest BCUT2D eigenvalue weighted by Crippen LogP contribution is 2.17. The van der Waals surface area contributed by atoms with Crippen molar-refractivity contribution in [1.82, 2.24) is 8.61 Å². The second-order valence-corrected chi connectivity index (χ2v) is 6.08. The molecule has 2 saturated heterocycles. The van der Waals surface area contributed by atoms with Crippen LogP contribution in [0.3, 0.4) is 0 Å². The van der Waals surface area contributed by atoms with Gasteiger partial charge < -0.3 is 9.84 Å². The van der Waals surface area contributed by atoms with Crippen molar-refractivity contribution in [3.8, 4) is 0 Å². The average Bonchev–Trinajstić information content (AvgIpc) is 2.31. The molecule has 2 heterocycles. The molecule has 0 bridgehead atoms. The van der Waals surface area contributed by atoms with Gasteiger partial charge in [-0.25, -0.2) is 0 Å². The van der Waals surface area contributed by atoms with E-state index in [-0.39, 0.29) is 6.10 Å². The predicted octanol–water partition coefficient (Wildman–Crippen LogP) is -0.980. The third-order valence-electron chi connectivity index (χ3n) is 3.05. The lowest BCUT2D eigenvalue weighted by molar-refractivity contribution is 0.0665. The number of piperidine rings is 1. The van der Waals surface area contributed by atoms with Gasteiger partial charge >= 0.3 is 0 Å². The fourth-order valence-electron chi connectivity index (χ4n) is 2.01. The number of rotatable bonds is 2. The van der Waals surface area contributed by atoms with Gasteiger partial charge in [0.25, 0.3) is 10.2 Å². The summed E-state index contributed by atoms with van der Waals surface area (Å²) >= 11 is 0. The van der Waals surface area contributed by atoms with E-state index in [1.807, 2.05) is 0 Å². The molecule has 0 amide bonds. The lowest BCUT2D eigenvalue weighted by Gasteiger charge is -2.34. The Hall–Kier alpha value is -0.210. The molecule has 0 saturated carbocycles. The summed E-state index contributed by atoms with van der Waals surface area (Å²) in [5.74, 6) is 0. The lowest BCUT2D eigenvalue weighted by atomic mass is 10.1. The van der Waals surface area contributed by atoms with Crippen LogP contribution in [0, 0.1) is 0 Å². The smallest absolute Gasteiger partial charge is 0.282 e. The fourth-order valence-corrected chi connectivity index (χ4v) is 3.62. The minimum Gasteiger partial charge on any atom is -0.393 e. The minimum atomic E-state index is -3.33. The van der Waals surface area contributed by atoms with E-state index in [1.54, 1.807) is 0 Å². The van der Waals surface area contributed by atoms with E-state index in [2.05, 4.69) is 0 Å². The molecule has 0 unspecified atom stereocenters. The fraction of sp³-hybridized carbons (Fsp3) is 1.00. The monoisotopic (exact) mass is 250 g/mol. The van der Waals surface area contributed by atoms with E-state index in [0.29, 0.717) is 52.2 Å². The van der Waals surface area contributed by atoms with E-state index in [9.17, 15) is 13.5 Å². The Labute approximate surface area is 96.0 Å². The van der Waals surface area contributed by atoms with E-state index >= 15 is 0 Å². The summed E-state index contributed by atoms with van der Waals surface area (Å²) in [5, 5.41) is 9.35. The van der Waals surface area contributed by atoms with Gasteiger partial charge in [-0.15, -0.1) is 0 Å². The first-order valence-corrected chi connectivity index (χ1v) is 7.01. The van der Waals surface area contributed by atoms with Crippen molar-refractivity contribution in [3.05, 3.63) is 0 Å². The molecule has 0 radical (unpaired) electrons. The molecular formula is C9H18N2O4S. The highest BCUT2D eigenvalue weighted by molar-refractivity contribution is 7.86. The maximum absolute atomic E-state index is 12.2. The molecule has 0 aromatic heterocycles. The highest BCUT2D eigenvalue weighted by atomic mass is 32.2. The molecule has 16 heavy (non-hydrogen) atoms. The Morgan fingerprint density at radius 1 is 1.00 bits per heavy atom. The van der Waals surface area contributed by atoms with Crippen LogP contribution in [0.5, 0.6) is 0 Å². The van der Waals surface area contributed by atoms with Crippen molar-refractivity contribution in [2.75, 3.05) is 39.4 Å².